The molecule has 116 valence electrons. The van der Waals surface area contributed by atoms with E-state index in [2.05, 4.69) is 26.0 Å². The Morgan fingerprint density at radius 2 is 2.00 bits per heavy atom. The summed E-state index contributed by atoms with van der Waals surface area (Å²) < 4.78 is 40.9. The second-order valence-electron chi connectivity index (χ2n) is 3.85. The zero-order valence-corrected chi connectivity index (χ0v) is 12.1. The summed E-state index contributed by atoms with van der Waals surface area (Å²) in [7, 11) is 0. The summed E-state index contributed by atoms with van der Waals surface area (Å²) in [5.41, 5.74) is -0.259. The first-order valence-electron chi connectivity index (χ1n) is 5.44. The van der Waals surface area contributed by atoms with E-state index in [1.165, 1.54) is 19.1 Å². The maximum absolute atomic E-state index is 12.3. The number of ether oxygens (including phenoxy) is 1. The van der Waals surface area contributed by atoms with Crippen molar-refractivity contribution in [1.82, 2.24) is 5.32 Å². The number of urea groups is 1. The van der Waals surface area contributed by atoms with E-state index < -0.39 is 30.2 Å². The van der Waals surface area contributed by atoms with Gasteiger partial charge in [-0.05, 0) is 25.1 Å². The molecule has 1 aromatic carbocycles. The van der Waals surface area contributed by atoms with Crippen LogP contribution in [-0.4, -0.2) is 29.5 Å². The van der Waals surface area contributed by atoms with Gasteiger partial charge in [0, 0.05) is 4.47 Å². The van der Waals surface area contributed by atoms with Gasteiger partial charge in [0.1, 0.15) is 6.04 Å². The van der Waals surface area contributed by atoms with E-state index in [1.807, 2.05) is 5.32 Å². The topological polar surface area (TPSA) is 87.7 Å². The third kappa shape index (κ3) is 5.90. The van der Waals surface area contributed by atoms with Crippen molar-refractivity contribution in [3.05, 3.63) is 22.7 Å². The van der Waals surface area contributed by atoms with Crippen molar-refractivity contribution in [2.24, 2.45) is 0 Å². The maximum atomic E-state index is 12.3. The van der Waals surface area contributed by atoms with Crippen LogP contribution in [0.4, 0.5) is 23.7 Å². The van der Waals surface area contributed by atoms with E-state index in [0.29, 0.717) is 4.47 Å². The molecular formula is C11H10BrF3N2O4. The molecule has 10 heteroatoms. The Morgan fingerprint density at radius 1 is 1.38 bits per heavy atom. The van der Waals surface area contributed by atoms with Crippen LogP contribution in [0.15, 0.2) is 22.7 Å². The number of carboxylic acids is 1. The van der Waals surface area contributed by atoms with Crippen molar-refractivity contribution < 1.29 is 32.6 Å². The number of hydrogen-bond acceptors (Lipinski definition) is 3. The average molecular weight is 371 g/mol. The lowest BCUT2D eigenvalue weighted by Crippen LogP contribution is -2.41. The quantitative estimate of drug-likeness (QED) is 0.760. The van der Waals surface area contributed by atoms with Gasteiger partial charge < -0.3 is 20.5 Å². The number of aliphatic carboxylic acids is 1. The van der Waals surface area contributed by atoms with Gasteiger partial charge in [0.15, 0.2) is 5.75 Å². The molecule has 3 N–H and O–H groups in total. The first kappa shape index (κ1) is 17.1. The first-order chi connectivity index (χ1) is 9.58. The van der Waals surface area contributed by atoms with Gasteiger partial charge >= 0.3 is 18.4 Å². The molecule has 1 aromatic rings. The summed E-state index contributed by atoms with van der Waals surface area (Å²) in [6, 6.07) is 1.41. The summed E-state index contributed by atoms with van der Waals surface area (Å²) in [5, 5.41) is 12.7. The number of alkyl halides is 3. The van der Waals surface area contributed by atoms with Crippen LogP contribution >= 0.6 is 15.9 Å². The maximum Gasteiger partial charge on any atom is 0.573 e. The van der Waals surface area contributed by atoms with Gasteiger partial charge in [-0.25, -0.2) is 4.79 Å². The zero-order chi connectivity index (χ0) is 16.2. The lowest BCUT2D eigenvalue weighted by molar-refractivity contribution is -0.274. The molecule has 0 aliphatic heterocycles. The van der Waals surface area contributed by atoms with E-state index >= 15 is 0 Å². The lowest BCUT2D eigenvalue weighted by atomic mass is 10.3. The average Bonchev–Trinajstić information content (AvgIpc) is 2.30. The number of benzene rings is 1. The zero-order valence-electron chi connectivity index (χ0n) is 10.5. The van der Waals surface area contributed by atoms with E-state index in [4.69, 9.17) is 5.11 Å². The monoisotopic (exact) mass is 370 g/mol. The first-order valence-corrected chi connectivity index (χ1v) is 6.23. The van der Waals surface area contributed by atoms with Crippen molar-refractivity contribution >= 4 is 33.6 Å². The molecule has 0 aromatic heterocycles. The number of nitrogens with one attached hydrogen (secondary N) is 2. The van der Waals surface area contributed by atoms with Crippen molar-refractivity contribution in [2.45, 2.75) is 19.3 Å². The lowest BCUT2D eigenvalue weighted by Gasteiger charge is -2.15. The molecule has 21 heavy (non-hydrogen) atoms. The highest BCUT2D eigenvalue weighted by Crippen LogP contribution is 2.32. The molecule has 0 fully saturated rings. The van der Waals surface area contributed by atoms with Crippen LogP contribution in [0.5, 0.6) is 5.75 Å². The Morgan fingerprint density at radius 3 is 2.52 bits per heavy atom. The van der Waals surface area contributed by atoms with Crippen LogP contribution in [-0.2, 0) is 4.79 Å². The van der Waals surface area contributed by atoms with Crippen molar-refractivity contribution in [2.75, 3.05) is 5.32 Å². The second-order valence-corrected chi connectivity index (χ2v) is 4.76. The molecule has 0 saturated heterocycles. The number of amides is 2. The second kappa shape index (κ2) is 6.66. The van der Waals surface area contributed by atoms with Gasteiger partial charge in [0.25, 0.3) is 0 Å². The smallest absolute Gasteiger partial charge is 0.480 e. The molecule has 0 bridgehead atoms. The van der Waals surface area contributed by atoms with E-state index in [1.54, 1.807) is 0 Å². The van der Waals surface area contributed by atoms with Crippen molar-refractivity contribution in [3.63, 3.8) is 0 Å². The summed E-state index contributed by atoms with van der Waals surface area (Å²) in [6.07, 6.45) is -4.93. The molecule has 2 amide bonds. The van der Waals surface area contributed by atoms with Crippen molar-refractivity contribution in [3.8, 4) is 5.75 Å². The molecule has 6 nitrogen and oxygen atoms in total. The number of carbonyl (C=O) groups excluding carboxylic acids is 1. The van der Waals surface area contributed by atoms with Crippen LogP contribution in [0, 0.1) is 0 Å². The highest BCUT2D eigenvalue weighted by atomic mass is 79.9. The fourth-order valence-electron chi connectivity index (χ4n) is 1.23. The highest BCUT2D eigenvalue weighted by Gasteiger charge is 2.32. The highest BCUT2D eigenvalue weighted by molar-refractivity contribution is 9.10. The third-order valence-corrected chi connectivity index (χ3v) is 2.63. The van der Waals surface area contributed by atoms with Gasteiger partial charge in [-0.3, -0.25) is 4.79 Å². The summed E-state index contributed by atoms with van der Waals surface area (Å²) in [6.45, 7) is 1.20. The minimum Gasteiger partial charge on any atom is -0.480 e. The van der Waals surface area contributed by atoms with Crippen LogP contribution in [0.2, 0.25) is 0 Å². The molecule has 1 rings (SSSR count). The predicted molar refractivity (Wildman–Crippen MR) is 70.1 cm³/mol. The van der Waals surface area contributed by atoms with E-state index in [0.717, 1.165) is 6.07 Å². The SMILES string of the molecule is C[C@H](NC(=O)Nc1ccc(Br)cc1OC(F)(F)F)C(=O)O. The van der Waals surface area contributed by atoms with Crippen LogP contribution in [0.3, 0.4) is 0 Å². The van der Waals surface area contributed by atoms with Crippen molar-refractivity contribution in [1.29, 1.82) is 0 Å². The summed E-state index contributed by atoms with van der Waals surface area (Å²) >= 11 is 2.98. The van der Waals surface area contributed by atoms with E-state index in [9.17, 15) is 22.8 Å². The van der Waals surface area contributed by atoms with Gasteiger partial charge in [-0.15, -0.1) is 13.2 Å². The number of carboxylic acid groups (broad SMARTS) is 1. The Balaban J connectivity index is 2.87. The third-order valence-electron chi connectivity index (χ3n) is 2.14. The minimum absolute atomic E-state index is 0.259. The Kier molecular flexibility index (Phi) is 5.41. The Bertz CT molecular complexity index is 551. The molecule has 0 spiro atoms. The fourth-order valence-corrected chi connectivity index (χ4v) is 1.57. The van der Waals surface area contributed by atoms with Gasteiger partial charge in [0.05, 0.1) is 5.69 Å². The number of anilines is 1. The summed E-state index contributed by atoms with van der Waals surface area (Å²) in [5.74, 6) is -1.91. The van der Waals surface area contributed by atoms with Gasteiger partial charge in [-0.2, -0.15) is 0 Å². The largest absolute Gasteiger partial charge is 0.573 e. The molecule has 0 heterocycles. The minimum atomic E-state index is -4.93. The normalized spacial score (nSPS) is 12.4. The van der Waals surface area contributed by atoms with Gasteiger partial charge in [-0.1, -0.05) is 15.9 Å². The molecule has 0 aliphatic carbocycles. The van der Waals surface area contributed by atoms with E-state index in [-0.39, 0.29) is 5.69 Å². The number of hydrogen-bond donors (Lipinski definition) is 3. The van der Waals surface area contributed by atoms with Crippen LogP contribution in [0.1, 0.15) is 6.92 Å². The Labute approximate surface area is 125 Å². The van der Waals surface area contributed by atoms with Crippen LogP contribution in [0.25, 0.3) is 0 Å². The standard InChI is InChI=1S/C11H10BrF3N2O4/c1-5(9(18)19)16-10(20)17-7-3-2-6(12)4-8(7)21-11(13,14)15/h2-5H,1H3,(H,18,19)(H2,16,17,20)/t5-/m0/s1. The predicted octanol–water partition coefficient (Wildman–Crippen LogP) is 2.94. The number of halogens is 4. The molecular weight excluding hydrogens is 361 g/mol. The molecule has 0 radical (unpaired) electrons. The fraction of sp³-hybridized carbons (Fsp3) is 0.273. The molecule has 0 aliphatic rings. The Hall–Kier alpha value is -1.97. The van der Waals surface area contributed by atoms with Gasteiger partial charge in [0.2, 0.25) is 0 Å². The van der Waals surface area contributed by atoms with Crippen LogP contribution < -0.4 is 15.4 Å². The molecule has 0 saturated carbocycles. The summed E-state index contributed by atoms with van der Waals surface area (Å²) in [4.78, 5) is 22.1. The molecule has 1 atom stereocenters. The number of rotatable bonds is 4. The molecule has 0 unspecified atom stereocenters. The number of carbonyl (C=O) groups is 2.